The number of primary amides is 1. The van der Waals surface area contributed by atoms with Gasteiger partial charge >= 0.3 is 5.97 Å². The van der Waals surface area contributed by atoms with E-state index < -0.39 is 5.97 Å². The standard InChI is InChI=1S/C9H6N2O2.C5H12N2O/c12-9(13)7-4-3-6-2-1-5-10-8(6)11-7;1-4(5(6)8)7(2)3/h1-5H,(H,12,13);4H,1-3H3,(H2,6,8). The number of likely N-dealkylation sites (N-methyl/N-ethyl adjacent to an activating group) is 1. The minimum Gasteiger partial charge on any atom is -0.477 e. The topological polar surface area (TPSA) is 109 Å². The minimum atomic E-state index is -1.03. The second-order valence-electron chi connectivity index (χ2n) is 4.59. The third kappa shape index (κ3) is 4.81. The van der Waals surface area contributed by atoms with Crippen molar-refractivity contribution in [1.82, 2.24) is 14.9 Å². The first-order valence-corrected chi connectivity index (χ1v) is 6.23. The van der Waals surface area contributed by atoms with Crippen molar-refractivity contribution in [3.63, 3.8) is 0 Å². The van der Waals surface area contributed by atoms with Crippen molar-refractivity contribution in [2.24, 2.45) is 5.73 Å². The van der Waals surface area contributed by atoms with Gasteiger partial charge in [-0.25, -0.2) is 14.8 Å². The molecule has 0 aliphatic heterocycles. The number of carbonyl (C=O) groups is 2. The van der Waals surface area contributed by atoms with Crippen LogP contribution in [0.1, 0.15) is 17.4 Å². The number of nitrogens with zero attached hydrogens (tertiary/aromatic N) is 3. The largest absolute Gasteiger partial charge is 0.477 e. The van der Waals surface area contributed by atoms with E-state index in [1.165, 1.54) is 6.07 Å². The molecule has 1 unspecified atom stereocenters. The zero-order chi connectivity index (χ0) is 16.0. The lowest BCUT2D eigenvalue weighted by molar-refractivity contribution is -0.121. The van der Waals surface area contributed by atoms with Crippen LogP contribution in [0.25, 0.3) is 11.0 Å². The predicted molar refractivity (Wildman–Crippen MR) is 78.8 cm³/mol. The molecule has 3 N–H and O–H groups in total. The first-order chi connectivity index (χ1) is 9.82. The number of fused-ring (bicyclic) bond motifs is 1. The zero-order valence-corrected chi connectivity index (χ0v) is 12.1. The summed E-state index contributed by atoms with van der Waals surface area (Å²) < 4.78 is 0. The second-order valence-corrected chi connectivity index (χ2v) is 4.59. The fourth-order valence-electron chi connectivity index (χ4n) is 1.33. The normalized spacial score (nSPS) is 11.6. The fraction of sp³-hybridized carbons (Fsp3) is 0.286. The number of nitrogens with two attached hydrogens (primary N) is 1. The maximum atomic E-state index is 10.6. The van der Waals surface area contributed by atoms with Gasteiger partial charge in [-0.2, -0.15) is 0 Å². The number of hydrogen-bond donors (Lipinski definition) is 2. The molecule has 0 saturated heterocycles. The Bertz CT molecular complexity index is 643. The number of amides is 1. The maximum Gasteiger partial charge on any atom is 0.354 e. The smallest absolute Gasteiger partial charge is 0.354 e. The summed E-state index contributed by atoms with van der Waals surface area (Å²) in [5, 5.41) is 9.49. The van der Waals surface area contributed by atoms with Gasteiger partial charge < -0.3 is 10.8 Å². The highest BCUT2D eigenvalue weighted by Gasteiger charge is 2.08. The average Bonchev–Trinajstić information content (AvgIpc) is 2.46. The van der Waals surface area contributed by atoms with Gasteiger partial charge in [-0.05, 0) is 45.3 Å². The van der Waals surface area contributed by atoms with Crippen LogP contribution in [0.4, 0.5) is 0 Å². The molecule has 0 aromatic carbocycles. The van der Waals surface area contributed by atoms with Crippen molar-refractivity contribution in [1.29, 1.82) is 0 Å². The molecule has 112 valence electrons. The Labute approximate surface area is 122 Å². The Balaban J connectivity index is 0.000000240. The van der Waals surface area contributed by atoms with Gasteiger partial charge in [0.15, 0.2) is 11.3 Å². The van der Waals surface area contributed by atoms with Gasteiger partial charge in [0.05, 0.1) is 6.04 Å². The Hall–Kier alpha value is -2.54. The van der Waals surface area contributed by atoms with E-state index in [1.54, 1.807) is 30.2 Å². The minimum absolute atomic E-state index is 0.0196. The molecule has 0 saturated carbocycles. The Morgan fingerprint density at radius 2 is 1.95 bits per heavy atom. The molecule has 0 radical (unpaired) electrons. The molecule has 2 heterocycles. The van der Waals surface area contributed by atoms with Crippen LogP contribution in [-0.4, -0.2) is 52.0 Å². The summed E-state index contributed by atoms with van der Waals surface area (Å²) in [5.74, 6) is -1.32. The van der Waals surface area contributed by atoms with Gasteiger partial charge in [-0.3, -0.25) is 9.69 Å². The molecular weight excluding hydrogens is 272 g/mol. The molecule has 1 amide bonds. The zero-order valence-electron chi connectivity index (χ0n) is 12.1. The molecular formula is C14H18N4O3. The summed E-state index contributed by atoms with van der Waals surface area (Å²) in [5.41, 5.74) is 5.44. The van der Waals surface area contributed by atoms with Crippen molar-refractivity contribution < 1.29 is 14.7 Å². The second kappa shape index (κ2) is 7.30. The summed E-state index contributed by atoms with van der Waals surface area (Å²) >= 11 is 0. The molecule has 2 aromatic rings. The van der Waals surface area contributed by atoms with Crippen molar-refractivity contribution in [3.05, 3.63) is 36.2 Å². The highest BCUT2D eigenvalue weighted by Crippen LogP contribution is 2.08. The van der Waals surface area contributed by atoms with E-state index in [-0.39, 0.29) is 17.6 Å². The third-order valence-electron chi connectivity index (χ3n) is 2.87. The van der Waals surface area contributed by atoms with E-state index in [4.69, 9.17) is 10.8 Å². The molecule has 0 bridgehead atoms. The fourth-order valence-corrected chi connectivity index (χ4v) is 1.33. The van der Waals surface area contributed by atoms with Crippen molar-refractivity contribution in [3.8, 4) is 0 Å². The monoisotopic (exact) mass is 290 g/mol. The number of carbonyl (C=O) groups excluding carboxylic acids is 1. The van der Waals surface area contributed by atoms with E-state index in [0.717, 1.165) is 5.39 Å². The van der Waals surface area contributed by atoms with Crippen LogP contribution in [-0.2, 0) is 4.79 Å². The quantitative estimate of drug-likeness (QED) is 0.863. The number of carboxylic acids is 1. The number of pyridine rings is 2. The third-order valence-corrected chi connectivity index (χ3v) is 2.87. The van der Waals surface area contributed by atoms with E-state index in [1.807, 2.05) is 20.2 Å². The van der Waals surface area contributed by atoms with E-state index in [9.17, 15) is 9.59 Å². The first-order valence-electron chi connectivity index (χ1n) is 6.23. The summed E-state index contributed by atoms with van der Waals surface area (Å²) in [7, 11) is 3.63. The van der Waals surface area contributed by atoms with E-state index in [0.29, 0.717) is 5.65 Å². The number of hydrogen-bond acceptors (Lipinski definition) is 5. The molecule has 21 heavy (non-hydrogen) atoms. The van der Waals surface area contributed by atoms with E-state index >= 15 is 0 Å². The highest BCUT2D eigenvalue weighted by atomic mass is 16.4. The summed E-state index contributed by atoms with van der Waals surface area (Å²) in [6.07, 6.45) is 1.58. The number of aromatic carboxylic acids is 1. The van der Waals surface area contributed by atoms with Crippen molar-refractivity contribution in [2.75, 3.05) is 14.1 Å². The van der Waals surface area contributed by atoms with Gasteiger partial charge in [-0.15, -0.1) is 0 Å². The summed E-state index contributed by atoms with van der Waals surface area (Å²) in [6, 6.07) is 6.62. The Kier molecular flexibility index (Phi) is 5.74. The molecule has 2 rings (SSSR count). The molecule has 0 aliphatic rings. The molecule has 1 atom stereocenters. The maximum absolute atomic E-state index is 10.6. The van der Waals surface area contributed by atoms with Crippen molar-refractivity contribution in [2.45, 2.75) is 13.0 Å². The lowest BCUT2D eigenvalue weighted by Crippen LogP contribution is -2.37. The van der Waals surface area contributed by atoms with Gasteiger partial charge in [-0.1, -0.05) is 0 Å². The van der Waals surface area contributed by atoms with Crippen LogP contribution in [0.2, 0.25) is 0 Å². The SMILES string of the molecule is CC(C(N)=O)N(C)C.O=C(O)c1ccc2cccnc2n1. The molecule has 0 spiro atoms. The molecule has 7 heteroatoms. The van der Waals surface area contributed by atoms with Gasteiger partial charge in [0, 0.05) is 11.6 Å². The van der Waals surface area contributed by atoms with Gasteiger partial charge in [0.25, 0.3) is 0 Å². The highest BCUT2D eigenvalue weighted by molar-refractivity contribution is 5.88. The lowest BCUT2D eigenvalue weighted by atomic mass is 10.2. The van der Waals surface area contributed by atoms with Crippen LogP contribution < -0.4 is 5.73 Å². The van der Waals surface area contributed by atoms with Crippen molar-refractivity contribution >= 4 is 22.9 Å². The Morgan fingerprint density at radius 3 is 2.43 bits per heavy atom. The Morgan fingerprint density at radius 1 is 1.29 bits per heavy atom. The average molecular weight is 290 g/mol. The summed E-state index contributed by atoms with van der Waals surface area (Å²) in [6.45, 7) is 1.77. The molecule has 0 fully saturated rings. The summed E-state index contributed by atoms with van der Waals surface area (Å²) in [4.78, 5) is 30.5. The van der Waals surface area contributed by atoms with Crippen LogP contribution in [0, 0.1) is 0 Å². The van der Waals surface area contributed by atoms with Crippen LogP contribution >= 0.6 is 0 Å². The number of aromatic nitrogens is 2. The number of rotatable bonds is 3. The van der Waals surface area contributed by atoms with Crippen LogP contribution in [0.15, 0.2) is 30.5 Å². The molecule has 2 aromatic heterocycles. The van der Waals surface area contributed by atoms with Crippen LogP contribution in [0.5, 0.6) is 0 Å². The number of carboxylic acid groups (broad SMARTS) is 1. The van der Waals surface area contributed by atoms with E-state index in [2.05, 4.69) is 9.97 Å². The lowest BCUT2D eigenvalue weighted by Gasteiger charge is -2.14. The predicted octanol–water partition coefficient (Wildman–Crippen LogP) is 0.750. The first kappa shape index (κ1) is 16.5. The molecule has 7 nitrogen and oxygen atoms in total. The van der Waals surface area contributed by atoms with Gasteiger partial charge in [0.1, 0.15) is 0 Å². The molecule has 0 aliphatic carbocycles. The van der Waals surface area contributed by atoms with Gasteiger partial charge in [0.2, 0.25) is 5.91 Å². The van der Waals surface area contributed by atoms with Crippen LogP contribution in [0.3, 0.4) is 0 Å².